The molecule has 0 fully saturated rings. The van der Waals surface area contributed by atoms with Crippen molar-refractivity contribution < 1.29 is 0 Å². The first-order chi connectivity index (χ1) is 8.88. The second-order valence-electron chi connectivity index (χ2n) is 4.15. The van der Waals surface area contributed by atoms with Gasteiger partial charge in [0.05, 0.1) is 5.69 Å². The molecular weight excluding hydrogens is 244 g/mol. The molecule has 1 aliphatic rings. The molecule has 3 heterocycles. The third-order valence-corrected chi connectivity index (χ3v) is 3.73. The molecule has 0 saturated carbocycles. The van der Waals surface area contributed by atoms with Crippen LogP contribution in [-0.2, 0) is 13.0 Å². The summed E-state index contributed by atoms with van der Waals surface area (Å²) in [5.74, 6) is 0.785. The summed E-state index contributed by atoms with van der Waals surface area (Å²) >= 11 is 1.68. The van der Waals surface area contributed by atoms with Crippen LogP contribution in [0.5, 0.6) is 0 Å². The molecule has 4 nitrogen and oxygen atoms in total. The summed E-state index contributed by atoms with van der Waals surface area (Å²) < 4.78 is 0. The summed E-state index contributed by atoms with van der Waals surface area (Å²) in [7, 11) is 0. The van der Waals surface area contributed by atoms with Crippen molar-refractivity contribution in [1.29, 1.82) is 0 Å². The van der Waals surface area contributed by atoms with Crippen molar-refractivity contribution in [2.75, 3.05) is 12.8 Å². The zero-order valence-corrected chi connectivity index (χ0v) is 11.0. The average Bonchev–Trinajstić information content (AvgIpc) is 2.47. The summed E-state index contributed by atoms with van der Waals surface area (Å²) in [5, 5.41) is 4.44. The molecular formula is C13H14N4S. The van der Waals surface area contributed by atoms with E-state index in [1.165, 1.54) is 11.3 Å². The average molecular weight is 258 g/mol. The number of hydrogen-bond donors (Lipinski definition) is 1. The topological polar surface area (TPSA) is 50.7 Å². The maximum absolute atomic E-state index is 4.69. The molecule has 1 N–H and O–H groups in total. The quantitative estimate of drug-likeness (QED) is 0.658. The van der Waals surface area contributed by atoms with Crippen LogP contribution >= 0.6 is 11.8 Å². The Morgan fingerprint density at radius 1 is 1.33 bits per heavy atom. The van der Waals surface area contributed by atoms with Crippen LogP contribution in [0, 0.1) is 0 Å². The van der Waals surface area contributed by atoms with Gasteiger partial charge in [0.25, 0.3) is 0 Å². The Morgan fingerprint density at radius 3 is 3.06 bits per heavy atom. The molecule has 0 aromatic carbocycles. The van der Waals surface area contributed by atoms with E-state index in [9.17, 15) is 0 Å². The molecule has 0 bridgehead atoms. The van der Waals surface area contributed by atoms with Gasteiger partial charge in [-0.05, 0) is 18.4 Å². The van der Waals surface area contributed by atoms with Gasteiger partial charge in [-0.25, -0.2) is 9.97 Å². The van der Waals surface area contributed by atoms with E-state index in [2.05, 4.69) is 26.5 Å². The fraction of sp³-hybridized carbons (Fsp3) is 0.308. The van der Waals surface area contributed by atoms with Gasteiger partial charge in [0, 0.05) is 43.0 Å². The molecule has 0 atom stereocenters. The highest BCUT2D eigenvalue weighted by Gasteiger charge is 2.17. The predicted molar refractivity (Wildman–Crippen MR) is 72.5 cm³/mol. The maximum atomic E-state index is 4.69. The van der Waals surface area contributed by atoms with E-state index in [0.717, 1.165) is 35.9 Å². The van der Waals surface area contributed by atoms with Gasteiger partial charge >= 0.3 is 0 Å². The Balaban J connectivity index is 2.12. The normalized spacial score (nSPS) is 14.3. The van der Waals surface area contributed by atoms with Crippen molar-refractivity contribution in [3.8, 4) is 11.4 Å². The lowest BCUT2D eigenvalue weighted by Gasteiger charge is -2.19. The van der Waals surface area contributed by atoms with E-state index in [0.29, 0.717) is 0 Å². The minimum Gasteiger partial charge on any atom is -0.312 e. The van der Waals surface area contributed by atoms with Gasteiger partial charge in [-0.3, -0.25) is 4.98 Å². The number of hydrogen-bond acceptors (Lipinski definition) is 5. The van der Waals surface area contributed by atoms with E-state index in [1.807, 2.05) is 18.3 Å². The molecule has 2 aromatic heterocycles. The van der Waals surface area contributed by atoms with Gasteiger partial charge in [-0.2, -0.15) is 0 Å². The minimum atomic E-state index is 0.785. The molecule has 0 radical (unpaired) electrons. The van der Waals surface area contributed by atoms with E-state index in [1.54, 1.807) is 18.0 Å². The molecule has 0 unspecified atom stereocenters. The highest BCUT2D eigenvalue weighted by molar-refractivity contribution is 7.98. The first kappa shape index (κ1) is 11.6. The van der Waals surface area contributed by atoms with Gasteiger partial charge in [0.15, 0.2) is 5.82 Å². The van der Waals surface area contributed by atoms with Crippen molar-refractivity contribution in [2.24, 2.45) is 0 Å². The van der Waals surface area contributed by atoms with Crippen molar-refractivity contribution in [1.82, 2.24) is 20.3 Å². The van der Waals surface area contributed by atoms with Gasteiger partial charge in [-0.1, -0.05) is 0 Å². The standard InChI is InChI=1S/C13H14N4S/c1-18-13-10-8-15-6-4-11(10)16-12(17-13)9-3-2-5-14-7-9/h2-3,5,7,15H,4,6,8H2,1H3. The van der Waals surface area contributed by atoms with E-state index >= 15 is 0 Å². The lowest BCUT2D eigenvalue weighted by atomic mass is 10.1. The molecule has 0 amide bonds. The highest BCUT2D eigenvalue weighted by Crippen LogP contribution is 2.26. The Hall–Kier alpha value is -1.46. The zero-order chi connectivity index (χ0) is 12.4. The number of thioether (sulfide) groups is 1. The van der Waals surface area contributed by atoms with Crippen molar-refractivity contribution in [3.05, 3.63) is 35.8 Å². The largest absolute Gasteiger partial charge is 0.312 e. The summed E-state index contributed by atoms with van der Waals surface area (Å²) in [6.45, 7) is 1.86. The molecule has 3 rings (SSSR count). The Bertz CT molecular complexity index is 539. The fourth-order valence-electron chi connectivity index (χ4n) is 2.10. The lowest BCUT2D eigenvalue weighted by molar-refractivity contribution is 0.612. The van der Waals surface area contributed by atoms with Gasteiger partial charge in [0.2, 0.25) is 0 Å². The second-order valence-corrected chi connectivity index (χ2v) is 4.95. The van der Waals surface area contributed by atoms with Crippen molar-refractivity contribution >= 4 is 11.8 Å². The first-order valence-electron chi connectivity index (χ1n) is 5.93. The highest BCUT2D eigenvalue weighted by atomic mass is 32.2. The summed E-state index contributed by atoms with van der Waals surface area (Å²) in [6.07, 6.45) is 6.61. The van der Waals surface area contributed by atoms with Crippen LogP contribution in [0.4, 0.5) is 0 Å². The molecule has 5 heteroatoms. The fourth-order valence-corrected chi connectivity index (χ4v) is 2.72. The monoisotopic (exact) mass is 258 g/mol. The number of nitrogens with zero attached hydrogens (tertiary/aromatic N) is 3. The minimum absolute atomic E-state index is 0.785. The summed E-state index contributed by atoms with van der Waals surface area (Å²) in [5.41, 5.74) is 3.41. The van der Waals surface area contributed by atoms with E-state index < -0.39 is 0 Å². The number of fused-ring (bicyclic) bond motifs is 1. The van der Waals surface area contributed by atoms with Gasteiger partial charge in [0.1, 0.15) is 5.03 Å². The van der Waals surface area contributed by atoms with Crippen LogP contribution in [0.2, 0.25) is 0 Å². The number of aromatic nitrogens is 3. The molecule has 0 aliphatic carbocycles. The first-order valence-corrected chi connectivity index (χ1v) is 7.16. The van der Waals surface area contributed by atoms with Crippen molar-refractivity contribution in [3.63, 3.8) is 0 Å². The molecule has 0 spiro atoms. The third-order valence-electron chi connectivity index (χ3n) is 3.01. The molecule has 2 aromatic rings. The van der Waals surface area contributed by atoms with Crippen LogP contribution in [0.25, 0.3) is 11.4 Å². The number of rotatable bonds is 2. The van der Waals surface area contributed by atoms with Crippen LogP contribution in [0.3, 0.4) is 0 Å². The van der Waals surface area contributed by atoms with Crippen LogP contribution in [-0.4, -0.2) is 27.8 Å². The number of pyridine rings is 1. The predicted octanol–water partition coefficient (Wildman–Crippen LogP) is 1.91. The summed E-state index contributed by atoms with van der Waals surface area (Å²) in [6, 6.07) is 3.92. The summed E-state index contributed by atoms with van der Waals surface area (Å²) in [4.78, 5) is 13.5. The SMILES string of the molecule is CSc1nc(-c2cccnc2)nc2c1CNCC2. The number of nitrogens with one attached hydrogen (secondary N) is 1. The van der Waals surface area contributed by atoms with Crippen molar-refractivity contribution in [2.45, 2.75) is 18.0 Å². The smallest absolute Gasteiger partial charge is 0.162 e. The molecule has 0 saturated heterocycles. The van der Waals surface area contributed by atoms with E-state index in [4.69, 9.17) is 0 Å². The molecule has 18 heavy (non-hydrogen) atoms. The third kappa shape index (κ3) is 2.11. The maximum Gasteiger partial charge on any atom is 0.162 e. The molecule has 92 valence electrons. The molecule has 1 aliphatic heterocycles. The zero-order valence-electron chi connectivity index (χ0n) is 10.2. The van der Waals surface area contributed by atoms with Crippen LogP contribution < -0.4 is 5.32 Å². The van der Waals surface area contributed by atoms with E-state index in [-0.39, 0.29) is 0 Å². The van der Waals surface area contributed by atoms with Gasteiger partial charge in [-0.15, -0.1) is 11.8 Å². The van der Waals surface area contributed by atoms with Gasteiger partial charge < -0.3 is 5.32 Å². The lowest BCUT2D eigenvalue weighted by Crippen LogP contribution is -2.26. The Kier molecular flexibility index (Phi) is 3.25. The Morgan fingerprint density at radius 2 is 2.28 bits per heavy atom. The van der Waals surface area contributed by atoms with Crippen LogP contribution in [0.15, 0.2) is 29.6 Å². The Labute approximate surface area is 110 Å². The second kappa shape index (κ2) is 5.04. The van der Waals surface area contributed by atoms with Crippen LogP contribution in [0.1, 0.15) is 11.3 Å².